The third kappa shape index (κ3) is 4.31. The Hall–Kier alpha value is -6.62. The summed E-state index contributed by atoms with van der Waals surface area (Å²) < 4.78 is 3.85. The number of hydrogen-bond donors (Lipinski definition) is 0. The Morgan fingerprint density at radius 2 is 0.865 bits per heavy atom. The van der Waals surface area contributed by atoms with Crippen molar-refractivity contribution in [2.75, 3.05) is 0 Å². The van der Waals surface area contributed by atoms with Gasteiger partial charge in [0.15, 0.2) is 5.82 Å². The van der Waals surface area contributed by atoms with Crippen molar-refractivity contribution in [2.24, 2.45) is 0 Å². The van der Waals surface area contributed by atoms with Gasteiger partial charge in [-0.2, -0.15) is 0 Å². The first kappa shape index (κ1) is 29.1. The highest BCUT2D eigenvalue weighted by Gasteiger charge is 2.23. The SMILES string of the molecule is c1ccc(-c2cc(-c3ccccc3)nc(-c3ccc(-n4c5c6ccccc6c6ccccc6c5c5c6ccsc6c6ccccc6c54)cc3)n2)cc1. The summed E-state index contributed by atoms with van der Waals surface area (Å²) in [5.41, 5.74) is 8.48. The summed E-state index contributed by atoms with van der Waals surface area (Å²) in [5.74, 6) is 0.704. The van der Waals surface area contributed by atoms with E-state index in [0.29, 0.717) is 5.82 Å². The normalized spacial score (nSPS) is 11.8. The van der Waals surface area contributed by atoms with E-state index in [-0.39, 0.29) is 0 Å². The average Bonchev–Trinajstić information content (AvgIpc) is 3.86. The molecule has 0 unspecified atom stereocenters. The molecule has 0 aliphatic rings. The van der Waals surface area contributed by atoms with E-state index in [1.807, 2.05) is 23.5 Å². The predicted octanol–water partition coefficient (Wildman–Crippen LogP) is 13.2. The van der Waals surface area contributed by atoms with Crippen molar-refractivity contribution in [3.05, 3.63) is 175 Å². The fraction of sp³-hybridized carbons (Fsp3) is 0. The lowest BCUT2D eigenvalue weighted by molar-refractivity contribution is 1.17. The van der Waals surface area contributed by atoms with Crippen molar-refractivity contribution in [1.29, 1.82) is 0 Å². The standard InChI is InChI=1S/C48H29N3S/c1-3-13-30(14-4-1)41-29-42(31-15-5-2-6-16-31)50-48(49-41)32-23-25-33(26-24-32)51-45-37-20-10-8-18-35(37)34-17-7-9-19-36(34)43(45)44-40-27-28-52-47(40)39-22-12-11-21-38(39)46(44)51/h1-29H. The van der Waals surface area contributed by atoms with Crippen LogP contribution < -0.4 is 0 Å². The minimum atomic E-state index is 0.704. The van der Waals surface area contributed by atoms with Gasteiger partial charge in [-0.25, -0.2) is 9.97 Å². The fourth-order valence-electron chi connectivity index (χ4n) is 8.18. The van der Waals surface area contributed by atoms with E-state index in [9.17, 15) is 0 Å². The highest BCUT2D eigenvalue weighted by atomic mass is 32.1. The molecule has 3 heterocycles. The van der Waals surface area contributed by atoms with E-state index in [4.69, 9.17) is 9.97 Å². The summed E-state index contributed by atoms with van der Waals surface area (Å²) >= 11 is 1.83. The molecule has 52 heavy (non-hydrogen) atoms. The number of benzene rings is 8. The Morgan fingerprint density at radius 3 is 1.48 bits per heavy atom. The Kier molecular flexibility index (Phi) is 6.42. The van der Waals surface area contributed by atoms with Crippen LogP contribution in [0.5, 0.6) is 0 Å². The molecule has 3 aromatic heterocycles. The number of thiophene rings is 1. The van der Waals surface area contributed by atoms with Crippen LogP contribution >= 0.6 is 11.3 Å². The number of nitrogens with zero attached hydrogens (tertiary/aromatic N) is 3. The van der Waals surface area contributed by atoms with Crippen LogP contribution in [-0.4, -0.2) is 14.5 Å². The molecule has 11 rings (SSSR count). The number of hydrogen-bond acceptors (Lipinski definition) is 3. The topological polar surface area (TPSA) is 30.7 Å². The van der Waals surface area contributed by atoms with E-state index >= 15 is 0 Å². The molecule has 4 heteroatoms. The molecule has 0 radical (unpaired) electrons. The van der Waals surface area contributed by atoms with Gasteiger partial charge in [-0.3, -0.25) is 0 Å². The van der Waals surface area contributed by atoms with Crippen molar-refractivity contribution in [3.8, 4) is 39.6 Å². The summed E-state index contributed by atoms with van der Waals surface area (Å²) in [6, 6.07) is 60.6. The molecule has 0 aliphatic carbocycles. The van der Waals surface area contributed by atoms with Crippen LogP contribution in [0.1, 0.15) is 0 Å². The first-order valence-corrected chi connectivity index (χ1v) is 18.5. The van der Waals surface area contributed by atoms with Crippen LogP contribution in [0.2, 0.25) is 0 Å². The lowest BCUT2D eigenvalue weighted by Gasteiger charge is -2.14. The van der Waals surface area contributed by atoms with E-state index in [1.165, 1.54) is 64.2 Å². The van der Waals surface area contributed by atoms with E-state index in [1.54, 1.807) is 0 Å². The first-order chi connectivity index (χ1) is 25.8. The van der Waals surface area contributed by atoms with Gasteiger partial charge in [0.05, 0.1) is 22.4 Å². The van der Waals surface area contributed by atoms with E-state index in [2.05, 4.69) is 168 Å². The van der Waals surface area contributed by atoms with Crippen molar-refractivity contribution in [3.63, 3.8) is 0 Å². The van der Waals surface area contributed by atoms with Gasteiger partial charge in [-0.05, 0) is 57.9 Å². The van der Waals surface area contributed by atoms with Gasteiger partial charge in [-0.1, -0.05) is 133 Å². The summed E-state index contributed by atoms with van der Waals surface area (Å²) in [5, 5.41) is 13.8. The number of fused-ring (bicyclic) bond motifs is 13. The van der Waals surface area contributed by atoms with Crippen molar-refractivity contribution in [1.82, 2.24) is 14.5 Å². The molecule has 0 aliphatic heterocycles. The van der Waals surface area contributed by atoms with Crippen molar-refractivity contribution >= 4 is 75.5 Å². The minimum Gasteiger partial charge on any atom is -0.308 e. The Morgan fingerprint density at radius 1 is 0.385 bits per heavy atom. The van der Waals surface area contributed by atoms with Gasteiger partial charge in [0, 0.05) is 59.4 Å². The van der Waals surface area contributed by atoms with Gasteiger partial charge >= 0.3 is 0 Å². The van der Waals surface area contributed by atoms with Crippen LogP contribution in [0.15, 0.2) is 175 Å². The molecular weight excluding hydrogens is 651 g/mol. The highest BCUT2D eigenvalue weighted by molar-refractivity contribution is 7.18. The molecule has 0 saturated carbocycles. The highest BCUT2D eigenvalue weighted by Crippen LogP contribution is 2.48. The number of rotatable bonds is 4. The molecule has 242 valence electrons. The Bertz CT molecular complexity index is 3100. The summed E-state index contributed by atoms with van der Waals surface area (Å²) in [6.45, 7) is 0. The number of aromatic nitrogens is 3. The molecule has 11 aromatic rings. The zero-order valence-corrected chi connectivity index (χ0v) is 28.8. The second-order valence-electron chi connectivity index (χ2n) is 13.3. The largest absolute Gasteiger partial charge is 0.308 e. The van der Waals surface area contributed by atoms with Gasteiger partial charge < -0.3 is 4.57 Å². The summed E-state index contributed by atoms with van der Waals surface area (Å²) in [6.07, 6.45) is 0. The van der Waals surface area contributed by atoms with Gasteiger partial charge in [-0.15, -0.1) is 11.3 Å². The van der Waals surface area contributed by atoms with Crippen LogP contribution in [-0.2, 0) is 0 Å². The maximum Gasteiger partial charge on any atom is 0.160 e. The fourth-order valence-corrected chi connectivity index (χ4v) is 9.12. The Balaban J connectivity index is 1.22. The smallest absolute Gasteiger partial charge is 0.160 e. The molecule has 0 atom stereocenters. The molecule has 0 bridgehead atoms. The minimum absolute atomic E-state index is 0.704. The lowest BCUT2D eigenvalue weighted by atomic mass is 9.95. The van der Waals surface area contributed by atoms with Gasteiger partial charge in [0.25, 0.3) is 0 Å². The van der Waals surface area contributed by atoms with E-state index in [0.717, 1.165) is 33.8 Å². The third-order valence-electron chi connectivity index (χ3n) is 10.4. The molecule has 0 N–H and O–H groups in total. The van der Waals surface area contributed by atoms with Gasteiger partial charge in [0.2, 0.25) is 0 Å². The first-order valence-electron chi connectivity index (χ1n) is 17.6. The molecule has 0 spiro atoms. The maximum atomic E-state index is 5.12. The third-order valence-corrected chi connectivity index (χ3v) is 11.4. The summed E-state index contributed by atoms with van der Waals surface area (Å²) in [4.78, 5) is 10.2. The lowest BCUT2D eigenvalue weighted by Crippen LogP contribution is -1.98. The van der Waals surface area contributed by atoms with Crippen LogP contribution in [0, 0.1) is 0 Å². The monoisotopic (exact) mass is 679 g/mol. The quantitative estimate of drug-likeness (QED) is 0.173. The molecule has 3 nitrogen and oxygen atoms in total. The van der Waals surface area contributed by atoms with Crippen molar-refractivity contribution < 1.29 is 0 Å². The molecule has 0 saturated heterocycles. The molecule has 0 fully saturated rings. The molecular formula is C48H29N3S. The predicted molar refractivity (Wildman–Crippen MR) is 221 cm³/mol. The second-order valence-corrected chi connectivity index (χ2v) is 14.2. The molecule has 0 amide bonds. The Labute approximate surface area is 303 Å². The molecule has 8 aromatic carbocycles. The summed E-state index contributed by atoms with van der Waals surface area (Å²) in [7, 11) is 0. The van der Waals surface area contributed by atoms with Crippen LogP contribution in [0.4, 0.5) is 0 Å². The van der Waals surface area contributed by atoms with Crippen LogP contribution in [0.3, 0.4) is 0 Å². The van der Waals surface area contributed by atoms with Crippen molar-refractivity contribution in [2.45, 2.75) is 0 Å². The van der Waals surface area contributed by atoms with Crippen LogP contribution in [0.25, 0.3) is 104 Å². The average molecular weight is 680 g/mol. The van der Waals surface area contributed by atoms with Gasteiger partial charge in [0.1, 0.15) is 0 Å². The zero-order chi connectivity index (χ0) is 34.2. The second kappa shape index (κ2) is 11.5. The van der Waals surface area contributed by atoms with E-state index < -0.39 is 0 Å². The maximum absolute atomic E-state index is 5.12. The zero-order valence-electron chi connectivity index (χ0n) is 28.0.